The summed E-state index contributed by atoms with van der Waals surface area (Å²) in [5.41, 5.74) is 0.507. The van der Waals surface area contributed by atoms with E-state index in [2.05, 4.69) is 25.9 Å². The smallest absolute Gasteiger partial charge is 0.381 e. The highest BCUT2D eigenvalue weighted by Crippen LogP contribution is 2.23. The number of aromatic nitrogens is 4. The molecule has 0 bridgehead atoms. The van der Waals surface area contributed by atoms with E-state index in [9.17, 15) is 9.59 Å². The van der Waals surface area contributed by atoms with Gasteiger partial charge in [0.15, 0.2) is 5.76 Å². The number of anilines is 2. The maximum absolute atomic E-state index is 12.6. The minimum atomic E-state index is -0.752. The van der Waals surface area contributed by atoms with Crippen LogP contribution in [0.15, 0.2) is 27.5 Å². The summed E-state index contributed by atoms with van der Waals surface area (Å²) in [6.45, 7) is 3.16. The number of carbonyl (C=O) groups is 1. The minimum absolute atomic E-state index is 0.00710. The molecule has 0 saturated heterocycles. The highest BCUT2D eigenvalue weighted by atomic mass is 32.1. The number of amides is 1. The van der Waals surface area contributed by atoms with E-state index < -0.39 is 11.5 Å². The molecule has 0 fully saturated rings. The van der Waals surface area contributed by atoms with E-state index in [1.165, 1.54) is 13.2 Å². The van der Waals surface area contributed by atoms with Crippen LogP contribution in [-0.2, 0) is 0 Å². The molecule has 0 aromatic carbocycles. The maximum atomic E-state index is 12.6. The molecule has 0 atom stereocenters. The van der Waals surface area contributed by atoms with Crippen LogP contribution in [0.25, 0.3) is 5.13 Å². The maximum Gasteiger partial charge on any atom is 0.381 e. The average Bonchev–Trinajstić information content (AvgIpc) is 3.29. The Balaban J connectivity index is 1.78. The van der Waals surface area contributed by atoms with Gasteiger partial charge in [0, 0.05) is 31.0 Å². The summed E-state index contributed by atoms with van der Waals surface area (Å²) in [6.07, 6.45) is 1.64. The van der Waals surface area contributed by atoms with Gasteiger partial charge in [-0.25, -0.2) is 9.48 Å². The van der Waals surface area contributed by atoms with E-state index in [1.807, 2.05) is 32.0 Å². The quantitative estimate of drug-likeness (QED) is 0.554. The SMILES string of the molecule is COc1c(NCCN(C)C)cc(C(=O)Nc2nnc(-n3nccc3C)s2)oc1=O. The fourth-order valence-corrected chi connectivity index (χ4v) is 3.17. The largest absolute Gasteiger partial charge is 0.488 e. The molecule has 2 N–H and O–H groups in total. The summed E-state index contributed by atoms with van der Waals surface area (Å²) >= 11 is 1.14. The molecule has 0 radical (unpaired) electrons. The Morgan fingerprint density at radius 3 is 2.83 bits per heavy atom. The Morgan fingerprint density at radius 1 is 1.38 bits per heavy atom. The van der Waals surface area contributed by atoms with Gasteiger partial charge in [0.25, 0.3) is 5.91 Å². The normalized spacial score (nSPS) is 10.9. The first-order chi connectivity index (χ1) is 13.9. The number of hydrogen-bond acceptors (Lipinski definition) is 10. The minimum Gasteiger partial charge on any atom is -0.488 e. The van der Waals surface area contributed by atoms with Gasteiger partial charge < -0.3 is 19.4 Å². The third kappa shape index (κ3) is 4.78. The monoisotopic (exact) mass is 419 g/mol. The molecule has 3 aromatic rings. The second-order valence-corrected chi connectivity index (χ2v) is 7.26. The number of nitrogens with one attached hydrogen (secondary N) is 2. The van der Waals surface area contributed by atoms with E-state index in [4.69, 9.17) is 9.15 Å². The van der Waals surface area contributed by atoms with Crippen molar-refractivity contribution < 1.29 is 13.9 Å². The molecule has 0 aliphatic carbocycles. The van der Waals surface area contributed by atoms with Crippen molar-refractivity contribution >= 4 is 28.1 Å². The van der Waals surface area contributed by atoms with Crippen LogP contribution in [0.3, 0.4) is 0 Å². The predicted molar refractivity (Wildman–Crippen MR) is 108 cm³/mol. The lowest BCUT2D eigenvalue weighted by Gasteiger charge is -2.13. The average molecular weight is 419 g/mol. The first-order valence-electron chi connectivity index (χ1n) is 8.65. The molecule has 11 nitrogen and oxygen atoms in total. The molecule has 0 spiro atoms. The molecule has 0 unspecified atom stereocenters. The molecule has 3 heterocycles. The summed E-state index contributed by atoms with van der Waals surface area (Å²) in [5, 5.41) is 18.5. The summed E-state index contributed by atoms with van der Waals surface area (Å²) in [5.74, 6) is -0.789. The lowest BCUT2D eigenvalue weighted by molar-refractivity contribution is 0.0991. The number of methoxy groups -OCH3 is 1. The van der Waals surface area contributed by atoms with Crippen molar-refractivity contribution in [1.82, 2.24) is 24.9 Å². The highest BCUT2D eigenvalue weighted by Gasteiger charge is 2.19. The van der Waals surface area contributed by atoms with Gasteiger partial charge in [-0.1, -0.05) is 11.3 Å². The highest BCUT2D eigenvalue weighted by molar-refractivity contribution is 7.17. The van der Waals surface area contributed by atoms with E-state index in [1.54, 1.807) is 10.9 Å². The van der Waals surface area contributed by atoms with Crippen molar-refractivity contribution in [2.24, 2.45) is 0 Å². The first-order valence-corrected chi connectivity index (χ1v) is 9.47. The second kappa shape index (κ2) is 8.84. The first kappa shape index (κ1) is 20.5. The van der Waals surface area contributed by atoms with Crippen molar-refractivity contribution in [3.63, 3.8) is 0 Å². The number of rotatable bonds is 8. The number of carbonyl (C=O) groups excluding carboxylic acids is 1. The standard InChI is InChI=1S/C17H21N7O4S/c1-10-5-6-19-24(10)17-22-21-16(29-17)20-14(25)12-9-11(18-7-8-23(2)3)13(27-4)15(26)28-12/h5-6,9,18H,7-8H2,1-4H3,(H,20,21,25). The number of ether oxygens (including phenoxy) is 1. The van der Waals surface area contributed by atoms with Crippen LogP contribution in [0, 0.1) is 6.92 Å². The van der Waals surface area contributed by atoms with E-state index in [0.29, 0.717) is 17.4 Å². The molecular weight excluding hydrogens is 398 g/mol. The van der Waals surface area contributed by atoms with Crippen LogP contribution in [0.2, 0.25) is 0 Å². The van der Waals surface area contributed by atoms with Crippen LogP contribution in [-0.4, -0.2) is 65.1 Å². The zero-order valence-electron chi connectivity index (χ0n) is 16.4. The number of likely N-dealkylation sites (N-methyl/N-ethyl adjacent to an activating group) is 1. The lowest BCUT2D eigenvalue weighted by atomic mass is 10.3. The molecular formula is C17H21N7O4S. The van der Waals surface area contributed by atoms with Gasteiger partial charge in [-0.05, 0) is 27.1 Å². The van der Waals surface area contributed by atoms with Crippen LogP contribution in [0.4, 0.5) is 10.8 Å². The van der Waals surface area contributed by atoms with E-state index in [-0.39, 0.29) is 16.6 Å². The Labute approximate surface area is 170 Å². The van der Waals surface area contributed by atoms with Crippen molar-refractivity contribution in [3.8, 4) is 10.9 Å². The fraction of sp³-hybridized carbons (Fsp3) is 0.353. The van der Waals surface area contributed by atoms with Gasteiger partial charge in [-0.3, -0.25) is 10.1 Å². The predicted octanol–water partition coefficient (Wildman–Crippen LogP) is 1.22. The number of hydrogen-bond donors (Lipinski definition) is 2. The lowest BCUT2D eigenvalue weighted by Crippen LogP contribution is -2.22. The van der Waals surface area contributed by atoms with Crippen LogP contribution >= 0.6 is 11.3 Å². The molecule has 154 valence electrons. The van der Waals surface area contributed by atoms with Crippen molar-refractivity contribution in [2.75, 3.05) is 44.9 Å². The van der Waals surface area contributed by atoms with Gasteiger partial charge in [0.2, 0.25) is 16.0 Å². The van der Waals surface area contributed by atoms with Crippen molar-refractivity contribution in [3.05, 3.63) is 40.2 Å². The molecule has 0 saturated carbocycles. The Bertz CT molecular complexity index is 1060. The fourth-order valence-electron chi connectivity index (χ4n) is 2.41. The Kier molecular flexibility index (Phi) is 6.24. The van der Waals surface area contributed by atoms with Gasteiger partial charge in [-0.15, -0.1) is 10.2 Å². The zero-order valence-corrected chi connectivity index (χ0v) is 17.2. The topological polar surface area (TPSA) is 127 Å². The summed E-state index contributed by atoms with van der Waals surface area (Å²) in [4.78, 5) is 26.7. The molecule has 0 aliphatic heterocycles. The van der Waals surface area contributed by atoms with Crippen LogP contribution in [0.1, 0.15) is 16.2 Å². The molecule has 0 aliphatic rings. The van der Waals surface area contributed by atoms with Crippen LogP contribution in [0.5, 0.6) is 5.75 Å². The zero-order chi connectivity index (χ0) is 21.0. The molecule has 12 heteroatoms. The third-order valence-electron chi connectivity index (χ3n) is 3.86. The van der Waals surface area contributed by atoms with Crippen LogP contribution < -0.4 is 21.0 Å². The summed E-state index contributed by atoms with van der Waals surface area (Å²) < 4.78 is 11.8. The van der Waals surface area contributed by atoms with E-state index >= 15 is 0 Å². The molecule has 29 heavy (non-hydrogen) atoms. The van der Waals surface area contributed by atoms with Crippen molar-refractivity contribution in [2.45, 2.75) is 6.92 Å². The Hall–Kier alpha value is -3.25. The van der Waals surface area contributed by atoms with Gasteiger partial charge in [0.05, 0.1) is 12.8 Å². The Morgan fingerprint density at radius 2 is 2.17 bits per heavy atom. The molecule has 3 rings (SSSR count). The number of aryl methyl sites for hydroxylation is 1. The second-order valence-electron chi connectivity index (χ2n) is 6.30. The summed E-state index contributed by atoms with van der Waals surface area (Å²) in [7, 11) is 5.22. The summed E-state index contributed by atoms with van der Waals surface area (Å²) in [6, 6.07) is 3.25. The van der Waals surface area contributed by atoms with Crippen molar-refractivity contribution in [1.29, 1.82) is 0 Å². The molecule has 3 aromatic heterocycles. The van der Waals surface area contributed by atoms with Gasteiger partial charge in [-0.2, -0.15) is 5.10 Å². The molecule has 1 amide bonds. The van der Waals surface area contributed by atoms with Gasteiger partial charge >= 0.3 is 5.63 Å². The number of nitrogens with zero attached hydrogens (tertiary/aromatic N) is 5. The van der Waals surface area contributed by atoms with E-state index in [0.717, 1.165) is 23.6 Å². The third-order valence-corrected chi connectivity index (χ3v) is 4.67. The van der Waals surface area contributed by atoms with Gasteiger partial charge in [0.1, 0.15) is 0 Å².